The molecule has 1 aromatic heterocycles. The van der Waals surface area contributed by atoms with Crippen LogP contribution in [0.3, 0.4) is 0 Å². The molecular weight excluding hydrogens is 322 g/mol. The standard InChI is InChI=1S/C18H21N3O4/c1-9(2)25-18(24)14-10(3)15(20-11(14)4)17(23)21-13-7-5-12(6-8-13)16(19)22/h5-9,20H,1-4H3,(H2,19,22)(H,21,23). The minimum absolute atomic E-state index is 0.248. The molecule has 1 heterocycles. The fourth-order valence-corrected chi connectivity index (χ4v) is 2.47. The summed E-state index contributed by atoms with van der Waals surface area (Å²) in [5.74, 6) is -1.40. The van der Waals surface area contributed by atoms with Crippen molar-refractivity contribution >= 4 is 23.5 Å². The summed E-state index contributed by atoms with van der Waals surface area (Å²) in [6.45, 7) is 6.92. The van der Waals surface area contributed by atoms with E-state index >= 15 is 0 Å². The van der Waals surface area contributed by atoms with Crippen LogP contribution in [0.1, 0.15) is 56.3 Å². The third kappa shape index (κ3) is 4.06. The van der Waals surface area contributed by atoms with Gasteiger partial charge in [0.05, 0.1) is 11.7 Å². The van der Waals surface area contributed by atoms with Crippen LogP contribution in [0.2, 0.25) is 0 Å². The van der Waals surface area contributed by atoms with Crippen LogP contribution in [-0.2, 0) is 4.74 Å². The first-order valence-electron chi connectivity index (χ1n) is 7.82. The van der Waals surface area contributed by atoms with Crippen LogP contribution >= 0.6 is 0 Å². The second kappa shape index (κ2) is 7.21. The van der Waals surface area contributed by atoms with E-state index in [9.17, 15) is 14.4 Å². The molecule has 0 aliphatic carbocycles. The van der Waals surface area contributed by atoms with Crippen molar-refractivity contribution < 1.29 is 19.1 Å². The summed E-state index contributed by atoms with van der Waals surface area (Å²) in [6.07, 6.45) is -0.248. The highest BCUT2D eigenvalue weighted by Crippen LogP contribution is 2.21. The lowest BCUT2D eigenvalue weighted by molar-refractivity contribution is 0.0376. The summed E-state index contributed by atoms with van der Waals surface area (Å²) in [7, 11) is 0. The van der Waals surface area contributed by atoms with Gasteiger partial charge in [0, 0.05) is 16.9 Å². The van der Waals surface area contributed by atoms with Crippen molar-refractivity contribution in [1.29, 1.82) is 0 Å². The van der Waals surface area contributed by atoms with Gasteiger partial charge in [0.15, 0.2) is 0 Å². The van der Waals surface area contributed by atoms with Gasteiger partial charge in [0.25, 0.3) is 5.91 Å². The van der Waals surface area contributed by atoms with Gasteiger partial charge in [-0.3, -0.25) is 9.59 Å². The molecule has 0 fully saturated rings. The molecule has 0 aliphatic rings. The van der Waals surface area contributed by atoms with E-state index in [1.165, 1.54) is 12.1 Å². The quantitative estimate of drug-likeness (QED) is 0.724. The van der Waals surface area contributed by atoms with E-state index in [1.807, 2.05) is 0 Å². The number of nitrogens with two attached hydrogens (primary N) is 1. The number of carbonyl (C=O) groups is 3. The van der Waals surface area contributed by atoms with Crippen LogP contribution in [0.4, 0.5) is 5.69 Å². The summed E-state index contributed by atoms with van der Waals surface area (Å²) in [4.78, 5) is 38.6. The van der Waals surface area contributed by atoms with Gasteiger partial charge in [0.2, 0.25) is 5.91 Å². The number of aromatic nitrogens is 1. The third-order valence-electron chi connectivity index (χ3n) is 3.64. The lowest BCUT2D eigenvalue weighted by Gasteiger charge is -2.08. The first-order valence-corrected chi connectivity index (χ1v) is 7.82. The van der Waals surface area contributed by atoms with Crippen molar-refractivity contribution in [1.82, 2.24) is 4.98 Å². The van der Waals surface area contributed by atoms with Crippen molar-refractivity contribution in [2.75, 3.05) is 5.32 Å². The molecule has 132 valence electrons. The number of amides is 2. The molecule has 0 bridgehead atoms. The number of hydrogen-bond donors (Lipinski definition) is 3. The van der Waals surface area contributed by atoms with Crippen LogP contribution in [-0.4, -0.2) is 28.9 Å². The smallest absolute Gasteiger partial charge is 0.340 e. The second-order valence-electron chi connectivity index (χ2n) is 5.97. The number of H-pyrrole nitrogens is 1. The second-order valence-corrected chi connectivity index (χ2v) is 5.97. The van der Waals surface area contributed by atoms with Crippen molar-refractivity contribution in [2.45, 2.75) is 33.8 Å². The van der Waals surface area contributed by atoms with E-state index in [1.54, 1.807) is 39.8 Å². The molecule has 7 heteroatoms. The van der Waals surface area contributed by atoms with Gasteiger partial charge < -0.3 is 20.8 Å². The van der Waals surface area contributed by atoms with Crippen LogP contribution < -0.4 is 11.1 Å². The molecular formula is C18H21N3O4. The number of benzene rings is 1. The minimum atomic E-state index is -0.540. The fraction of sp³-hybridized carbons (Fsp3) is 0.278. The summed E-state index contributed by atoms with van der Waals surface area (Å²) >= 11 is 0. The number of esters is 1. The zero-order valence-corrected chi connectivity index (χ0v) is 14.6. The number of aryl methyl sites for hydroxylation is 1. The monoisotopic (exact) mass is 343 g/mol. The van der Waals surface area contributed by atoms with E-state index in [2.05, 4.69) is 10.3 Å². The van der Waals surface area contributed by atoms with Crippen molar-refractivity contribution in [3.8, 4) is 0 Å². The summed E-state index contributed by atoms with van der Waals surface area (Å²) < 4.78 is 5.21. The maximum absolute atomic E-state index is 12.5. The summed E-state index contributed by atoms with van der Waals surface area (Å²) in [6, 6.07) is 6.21. The molecule has 0 saturated carbocycles. The number of primary amides is 1. The van der Waals surface area contributed by atoms with E-state index in [-0.39, 0.29) is 11.8 Å². The average molecular weight is 343 g/mol. The Kier molecular flexibility index (Phi) is 5.26. The van der Waals surface area contributed by atoms with Crippen molar-refractivity contribution in [3.05, 3.63) is 52.3 Å². The number of ether oxygens (including phenoxy) is 1. The first kappa shape index (κ1) is 18.3. The molecule has 0 radical (unpaired) electrons. The third-order valence-corrected chi connectivity index (χ3v) is 3.64. The number of carbonyl (C=O) groups excluding carboxylic acids is 3. The van der Waals surface area contributed by atoms with Crippen molar-refractivity contribution in [2.24, 2.45) is 5.73 Å². The van der Waals surface area contributed by atoms with Gasteiger partial charge in [-0.25, -0.2) is 4.79 Å². The van der Waals surface area contributed by atoms with Gasteiger partial charge in [0.1, 0.15) is 5.69 Å². The Morgan fingerprint density at radius 2 is 1.72 bits per heavy atom. The number of nitrogens with one attached hydrogen (secondary N) is 2. The molecule has 0 aliphatic heterocycles. The Morgan fingerprint density at radius 1 is 1.12 bits per heavy atom. The molecule has 2 rings (SSSR count). The van der Waals surface area contributed by atoms with Gasteiger partial charge in [-0.15, -0.1) is 0 Å². The number of hydrogen-bond acceptors (Lipinski definition) is 4. The Labute approximate surface area is 145 Å². The normalized spacial score (nSPS) is 10.6. The largest absolute Gasteiger partial charge is 0.459 e. The molecule has 7 nitrogen and oxygen atoms in total. The van der Waals surface area contributed by atoms with Crippen molar-refractivity contribution in [3.63, 3.8) is 0 Å². The molecule has 4 N–H and O–H groups in total. The Balaban J connectivity index is 2.22. The maximum atomic E-state index is 12.5. The Morgan fingerprint density at radius 3 is 2.24 bits per heavy atom. The molecule has 2 aromatic rings. The van der Waals surface area contributed by atoms with Crippen LogP contribution in [0, 0.1) is 13.8 Å². The zero-order chi connectivity index (χ0) is 18.7. The average Bonchev–Trinajstić information content (AvgIpc) is 2.82. The predicted molar refractivity (Wildman–Crippen MR) is 93.7 cm³/mol. The van der Waals surface area contributed by atoms with Crippen LogP contribution in [0.25, 0.3) is 0 Å². The first-order chi connectivity index (χ1) is 11.7. The topological polar surface area (TPSA) is 114 Å². The minimum Gasteiger partial charge on any atom is -0.459 e. The molecule has 2 amide bonds. The van der Waals surface area contributed by atoms with E-state index in [4.69, 9.17) is 10.5 Å². The van der Waals surface area contributed by atoms with E-state index in [0.717, 1.165) is 0 Å². The van der Waals surface area contributed by atoms with E-state index in [0.29, 0.717) is 28.1 Å². The SMILES string of the molecule is Cc1[nH]c(C(=O)Nc2ccc(C(N)=O)cc2)c(C)c1C(=O)OC(C)C. The molecule has 0 spiro atoms. The number of aromatic amines is 1. The molecule has 0 atom stereocenters. The highest BCUT2D eigenvalue weighted by Gasteiger charge is 2.23. The molecule has 25 heavy (non-hydrogen) atoms. The van der Waals surface area contributed by atoms with Gasteiger partial charge in [-0.05, 0) is 57.5 Å². The summed E-state index contributed by atoms with van der Waals surface area (Å²) in [5.41, 5.74) is 7.78. The highest BCUT2D eigenvalue weighted by molar-refractivity contribution is 6.07. The highest BCUT2D eigenvalue weighted by atomic mass is 16.5. The maximum Gasteiger partial charge on any atom is 0.340 e. The molecule has 0 unspecified atom stereocenters. The predicted octanol–water partition coefficient (Wildman–Crippen LogP) is 2.55. The Bertz CT molecular complexity index is 820. The lowest BCUT2D eigenvalue weighted by atomic mass is 10.1. The fourth-order valence-electron chi connectivity index (χ4n) is 2.47. The Hall–Kier alpha value is -3.09. The van der Waals surface area contributed by atoms with Gasteiger partial charge in [-0.2, -0.15) is 0 Å². The number of rotatable bonds is 5. The molecule has 0 saturated heterocycles. The van der Waals surface area contributed by atoms with Crippen LogP contribution in [0.5, 0.6) is 0 Å². The zero-order valence-electron chi connectivity index (χ0n) is 14.6. The number of anilines is 1. The van der Waals surface area contributed by atoms with Crippen LogP contribution in [0.15, 0.2) is 24.3 Å². The van der Waals surface area contributed by atoms with E-state index < -0.39 is 17.8 Å². The summed E-state index contributed by atoms with van der Waals surface area (Å²) in [5, 5.41) is 2.71. The van der Waals surface area contributed by atoms with Gasteiger partial charge >= 0.3 is 5.97 Å². The lowest BCUT2D eigenvalue weighted by Crippen LogP contribution is -2.15. The molecule has 1 aromatic carbocycles. The van der Waals surface area contributed by atoms with Gasteiger partial charge in [-0.1, -0.05) is 0 Å².